The topological polar surface area (TPSA) is 55.1 Å². The van der Waals surface area contributed by atoms with Gasteiger partial charge in [0.1, 0.15) is 0 Å². The second-order valence-electron chi connectivity index (χ2n) is 9.57. The van der Waals surface area contributed by atoms with E-state index in [0.717, 1.165) is 23.6 Å². The Labute approximate surface area is 184 Å². The predicted octanol–water partition coefficient (Wildman–Crippen LogP) is 4.32. The van der Waals surface area contributed by atoms with Crippen LogP contribution in [-0.2, 0) is 6.54 Å². The van der Waals surface area contributed by atoms with E-state index in [1.165, 1.54) is 74.1 Å². The standard InChI is InChI=1S/C26H34N4O/c1-18-4-3-5-19(2)23(18)17-29-12-10-22(11-13-29)30-14-8-20(9-15-30)21-6-7-24-25(16-21)28-26(31)27-24/h3-7,16,20,22H,8-15,17H2,1-2H3,(H2,27,28,31). The quantitative estimate of drug-likeness (QED) is 0.664. The number of H-pyrrole nitrogens is 2. The predicted molar refractivity (Wildman–Crippen MR) is 127 cm³/mol. The van der Waals surface area contributed by atoms with E-state index in [1.54, 1.807) is 0 Å². The summed E-state index contributed by atoms with van der Waals surface area (Å²) >= 11 is 0. The van der Waals surface area contributed by atoms with Crippen molar-refractivity contribution < 1.29 is 0 Å². The molecule has 31 heavy (non-hydrogen) atoms. The Morgan fingerprint density at radius 3 is 2.26 bits per heavy atom. The fourth-order valence-electron chi connectivity index (χ4n) is 5.67. The molecule has 2 fully saturated rings. The molecule has 0 saturated carbocycles. The van der Waals surface area contributed by atoms with Gasteiger partial charge < -0.3 is 14.9 Å². The molecule has 5 rings (SSSR count). The summed E-state index contributed by atoms with van der Waals surface area (Å²) in [5.74, 6) is 0.600. The normalized spacial score (nSPS) is 19.9. The zero-order valence-corrected chi connectivity index (χ0v) is 18.8. The third kappa shape index (κ3) is 4.35. The molecule has 0 amide bonds. The summed E-state index contributed by atoms with van der Waals surface area (Å²) in [6.07, 6.45) is 4.99. The van der Waals surface area contributed by atoms with Crippen LogP contribution >= 0.6 is 0 Å². The second-order valence-corrected chi connectivity index (χ2v) is 9.57. The van der Waals surface area contributed by atoms with Crippen LogP contribution in [0.3, 0.4) is 0 Å². The van der Waals surface area contributed by atoms with Gasteiger partial charge in [-0.3, -0.25) is 4.90 Å². The molecule has 3 heterocycles. The second kappa shape index (κ2) is 8.64. The molecule has 2 aliphatic heterocycles. The Kier molecular flexibility index (Phi) is 5.72. The maximum Gasteiger partial charge on any atom is 0.323 e. The van der Waals surface area contributed by atoms with Gasteiger partial charge in [0.2, 0.25) is 0 Å². The Hall–Kier alpha value is -2.37. The minimum Gasteiger partial charge on any atom is -0.306 e. The number of hydrogen-bond acceptors (Lipinski definition) is 3. The van der Waals surface area contributed by atoms with Crippen molar-refractivity contribution in [3.63, 3.8) is 0 Å². The third-order valence-electron chi connectivity index (χ3n) is 7.64. The first-order valence-corrected chi connectivity index (χ1v) is 11.8. The third-order valence-corrected chi connectivity index (χ3v) is 7.64. The lowest BCUT2D eigenvalue weighted by Gasteiger charge is -2.42. The smallest absolute Gasteiger partial charge is 0.306 e. The summed E-state index contributed by atoms with van der Waals surface area (Å²) in [5, 5.41) is 0. The lowest BCUT2D eigenvalue weighted by atomic mass is 9.87. The van der Waals surface area contributed by atoms with Crippen molar-refractivity contribution in [1.82, 2.24) is 19.8 Å². The molecule has 2 aromatic carbocycles. The number of nitrogens with one attached hydrogen (secondary N) is 2. The number of aryl methyl sites for hydroxylation is 2. The number of rotatable bonds is 4. The molecule has 0 spiro atoms. The van der Waals surface area contributed by atoms with Crippen LogP contribution in [0.1, 0.15) is 53.9 Å². The first-order valence-electron chi connectivity index (χ1n) is 11.8. The lowest BCUT2D eigenvalue weighted by Crippen LogP contribution is -2.47. The Balaban J connectivity index is 1.14. The Morgan fingerprint density at radius 1 is 0.871 bits per heavy atom. The zero-order chi connectivity index (χ0) is 21.4. The number of hydrogen-bond donors (Lipinski definition) is 2. The summed E-state index contributed by atoms with van der Waals surface area (Å²) in [6, 6.07) is 13.8. The minimum absolute atomic E-state index is 0.120. The highest BCUT2D eigenvalue weighted by molar-refractivity contribution is 5.75. The van der Waals surface area contributed by atoms with E-state index < -0.39 is 0 Å². The van der Waals surface area contributed by atoms with Crippen LogP contribution in [0.15, 0.2) is 41.2 Å². The van der Waals surface area contributed by atoms with Gasteiger partial charge in [-0.05, 0) is 106 Å². The lowest BCUT2D eigenvalue weighted by molar-refractivity contribution is 0.0844. The molecule has 0 bridgehead atoms. The van der Waals surface area contributed by atoms with Gasteiger partial charge in [-0.2, -0.15) is 0 Å². The highest BCUT2D eigenvalue weighted by Gasteiger charge is 2.29. The summed E-state index contributed by atoms with van der Waals surface area (Å²) < 4.78 is 0. The average Bonchev–Trinajstić information content (AvgIpc) is 3.16. The number of nitrogens with zero attached hydrogens (tertiary/aromatic N) is 2. The molecule has 2 saturated heterocycles. The van der Waals surface area contributed by atoms with Crippen LogP contribution in [0.4, 0.5) is 0 Å². The van der Waals surface area contributed by atoms with Crippen molar-refractivity contribution in [1.29, 1.82) is 0 Å². The van der Waals surface area contributed by atoms with Crippen molar-refractivity contribution >= 4 is 11.0 Å². The van der Waals surface area contributed by atoms with Gasteiger partial charge in [0, 0.05) is 12.6 Å². The molecule has 1 aromatic heterocycles. The molecule has 0 radical (unpaired) electrons. The van der Waals surface area contributed by atoms with E-state index in [1.807, 2.05) is 6.07 Å². The van der Waals surface area contributed by atoms with Gasteiger partial charge in [0.05, 0.1) is 11.0 Å². The first-order chi connectivity index (χ1) is 15.1. The molecule has 0 unspecified atom stereocenters. The van der Waals surface area contributed by atoms with Crippen LogP contribution in [-0.4, -0.2) is 52.0 Å². The van der Waals surface area contributed by atoms with E-state index in [2.05, 4.69) is 63.9 Å². The fraction of sp³-hybridized carbons (Fsp3) is 0.500. The molecule has 5 nitrogen and oxygen atoms in total. The monoisotopic (exact) mass is 418 g/mol. The van der Waals surface area contributed by atoms with Crippen LogP contribution in [0.25, 0.3) is 11.0 Å². The van der Waals surface area contributed by atoms with Gasteiger partial charge in [-0.25, -0.2) is 4.79 Å². The maximum absolute atomic E-state index is 11.5. The van der Waals surface area contributed by atoms with Crippen molar-refractivity contribution in [3.8, 4) is 0 Å². The van der Waals surface area contributed by atoms with Gasteiger partial charge in [0.25, 0.3) is 0 Å². The molecule has 5 heteroatoms. The van der Waals surface area contributed by atoms with Gasteiger partial charge in [-0.1, -0.05) is 24.3 Å². The molecule has 0 atom stereocenters. The zero-order valence-electron chi connectivity index (χ0n) is 18.8. The fourth-order valence-corrected chi connectivity index (χ4v) is 5.67. The van der Waals surface area contributed by atoms with E-state index in [0.29, 0.717) is 5.92 Å². The van der Waals surface area contributed by atoms with Crippen LogP contribution in [0.2, 0.25) is 0 Å². The summed E-state index contributed by atoms with van der Waals surface area (Å²) in [6.45, 7) is 10.4. The number of aromatic amines is 2. The van der Waals surface area contributed by atoms with E-state index in [9.17, 15) is 4.79 Å². The van der Waals surface area contributed by atoms with Crippen molar-refractivity contribution in [2.45, 2.75) is 58.0 Å². The Morgan fingerprint density at radius 2 is 1.55 bits per heavy atom. The molecular weight excluding hydrogens is 384 g/mol. The van der Waals surface area contributed by atoms with Gasteiger partial charge >= 0.3 is 5.69 Å². The number of likely N-dealkylation sites (tertiary alicyclic amines) is 2. The average molecular weight is 419 g/mol. The molecule has 2 aliphatic rings. The molecule has 164 valence electrons. The highest BCUT2D eigenvalue weighted by atomic mass is 16.1. The summed E-state index contributed by atoms with van der Waals surface area (Å²) in [7, 11) is 0. The molecule has 2 N–H and O–H groups in total. The van der Waals surface area contributed by atoms with E-state index in [4.69, 9.17) is 0 Å². The largest absolute Gasteiger partial charge is 0.323 e. The van der Waals surface area contributed by atoms with Gasteiger partial charge in [0.15, 0.2) is 0 Å². The van der Waals surface area contributed by atoms with Crippen molar-refractivity contribution in [3.05, 3.63) is 69.1 Å². The van der Waals surface area contributed by atoms with E-state index in [-0.39, 0.29) is 5.69 Å². The number of imidazole rings is 1. The number of fused-ring (bicyclic) bond motifs is 1. The van der Waals surface area contributed by atoms with Gasteiger partial charge in [-0.15, -0.1) is 0 Å². The van der Waals surface area contributed by atoms with E-state index >= 15 is 0 Å². The minimum atomic E-state index is -0.120. The summed E-state index contributed by atoms with van der Waals surface area (Å²) in [5.41, 5.74) is 7.44. The number of aromatic nitrogens is 2. The highest BCUT2D eigenvalue weighted by Crippen LogP contribution is 2.32. The van der Waals surface area contributed by atoms with Crippen molar-refractivity contribution in [2.75, 3.05) is 26.2 Å². The van der Waals surface area contributed by atoms with Crippen LogP contribution < -0.4 is 5.69 Å². The molecular formula is C26H34N4O. The van der Waals surface area contributed by atoms with Crippen molar-refractivity contribution in [2.24, 2.45) is 0 Å². The number of benzene rings is 2. The molecule has 3 aromatic rings. The first kappa shape index (κ1) is 20.5. The maximum atomic E-state index is 11.5. The Bertz CT molecular complexity index is 1080. The van der Waals surface area contributed by atoms with Crippen LogP contribution in [0, 0.1) is 13.8 Å². The van der Waals surface area contributed by atoms with Crippen LogP contribution in [0.5, 0.6) is 0 Å². The SMILES string of the molecule is Cc1cccc(C)c1CN1CCC(N2CCC(c3ccc4[nH]c(=O)[nH]c4c3)CC2)CC1. The summed E-state index contributed by atoms with van der Waals surface area (Å²) in [4.78, 5) is 22.7. The number of piperidine rings is 2. The molecule has 0 aliphatic carbocycles.